The van der Waals surface area contributed by atoms with Gasteiger partial charge in [-0.25, -0.2) is 0 Å². The Morgan fingerprint density at radius 3 is 2.81 bits per heavy atom. The van der Waals surface area contributed by atoms with E-state index in [4.69, 9.17) is 9.47 Å². The lowest BCUT2D eigenvalue weighted by molar-refractivity contribution is -0.116. The Morgan fingerprint density at radius 1 is 1.08 bits per heavy atom. The van der Waals surface area contributed by atoms with Crippen LogP contribution in [0.3, 0.4) is 0 Å². The molecule has 4 heteroatoms. The van der Waals surface area contributed by atoms with Crippen molar-refractivity contribution < 1.29 is 14.3 Å². The van der Waals surface area contributed by atoms with E-state index in [9.17, 15) is 4.79 Å². The van der Waals surface area contributed by atoms with E-state index >= 15 is 0 Å². The minimum atomic E-state index is -0.0189. The van der Waals surface area contributed by atoms with Crippen molar-refractivity contribution in [3.05, 3.63) is 60.2 Å². The number of carbonyl (C=O) groups excluding carboxylic acids is 1. The molecule has 2 rings (SSSR count). The Labute approximate surface area is 156 Å². The van der Waals surface area contributed by atoms with E-state index < -0.39 is 0 Å². The quantitative estimate of drug-likeness (QED) is 0.271. The lowest BCUT2D eigenvalue weighted by Gasteiger charge is -1.99. The maximum absolute atomic E-state index is 11.4. The van der Waals surface area contributed by atoms with Gasteiger partial charge in [0.2, 0.25) is 12.7 Å². The minimum Gasteiger partial charge on any atom is -0.454 e. The van der Waals surface area contributed by atoms with Crippen LogP contribution < -0.4 is 14.8 Å². The van der Waals surface area contributed by atoms with Crippen molar-refractivity contribution in [2.24, 2.45) is 0 Å². The third-order valence-corrected chi connectivity index (χ3v) is 4.02. The highest BCUT2D eigenvalue weighted by molar-refractivity contribution is 5.87. The molecule has 0 aromatic heterocycles. The molecule has 0 saturated carbocycles. The fraction of sp³-hybridized carbons (Fsp3) is 0.409. The van der Waals surface area contributed by atoms with Gasteiger partial charge in [0.1, 0.15) is 0 Å². The Kier molecular flexibility index (Phi) is 9.12. The summed E-state index contributed by atoms with van der Waals surface area (Å²) in [6.45, 7) is 3.18. The number of hydrogen-bond acceptors (Lipinski definition) is 3. The average molecular weight is 355 g/mol. The van der Waals surface area contributed by atoms with Gasteiger partial charge in [-0.05, 0) is 49.8 Å². The molecule has 1 N–H and O–H groups in total. The van der Waals surface area contributed by atoms with Gasteiger partial charge in [0.15, 0.2) is 11.5 Å². The smallest absolute Gasteiger partial charge is 0.243 e. The Bertz CT molecular complexity index is 647. The third-order valence-electron chi connectivity index (χ3n) is 4.02. The largest absolute Gasteiger partial charge is 0.454 e. The molecule has 1 amide bonds. The zero-order chi connectivity index (χ0) is 18.5. The Balaban J connectivity index is 1.53. The van der Waals surface area contributed by atoms with Crippen molar-refractivity contribution in [2.45, 2.75) is 45.4 Å². The maximum atomic E-state index is 11.4. The molecule has 0 saturated heterocycles. The number of nitrogens with one attached hydrogen (secondary N) is 1. The molecule has 0 spiro atoms. The molecule has 1 aliphatic rings. The number of hydrogen-bond donors (Lipinski definition) is 1. The summed E-state index contributed by atoms with van der Waals surface area (Å²) in [4.78, 5) is 11.4. The van der Waals surface area contributed by atoms with E-state index in [-0.39, 0.29) is 5.91 Å². The van der Waals surface area contributed by atoms with Gasteiger partial charge in [0.05, 0.1) is 0 Å². The summed E-state index contributed by atoms with van der Waals surface area (Å²) < 4.78 is 10.7. The van der Waals surface area contributed by atoms with Gasteiger partial charge in [-0.3, -0.25) is 4.79 Å². The lowest BCUT2D eigenvalue weighted by Crippen LogP contribution is -2.21. The van der Waals surface area contributed by atoms with Gasteiger partial charge in [-0.15, -0.1) is 0 Å². The summed E-state index contributed by atoms with van der Waals surface area (Å²) in [5.41, 5.74) is 1.23. The van der Waals surface area contributed by atoms with Crippen LogP contribution in [0.5, 0.6) is 11.5 Å². The molecule has 1 aliphatic heterocycles. The highest BCUT2D eigenvalue weighted by atomic mass is 16.7. The molecule has 0 atom stereocenters. The predicted molar refractivity (Wildman–Crippen MR) is 105 cm³/mol. The van der Waals surface area contributed by atoms with Gasteiger partial charge in [-0.1, -0.05) is 49.8 Å². The fourth-order valence-electron chi connectivity index (χ4n) is 2.52. The van der Waals surface area contributed by atoms with Crippen LogP contribution in [0, 0.1) is 0 Å². The Hall–Kier alpha value is -2.49. The van der Waals surface area contributed by atoms with Crippen molar-refractivity contribution >= 4 is 5.91 Å². The number of amides is 1. The fourth-order valence-corrected chi connectivity index (χ4v) is 2.52. The molecule has 0 bridgehead atoms. The van der Waals surface area contributed by atoms with Crippen LogP contribution in [0.25, 0.3) is 0 Å². The van der Waals surface area contributed by atoms with Crippen molar-refractivity contribution in [3.8, 4) is 11.5 Å². The van der Waals surface area contributed by atoms with Crippen LogP contribution in [-0.4, -0.2) is 19.2 Å². The lowest BCUT2D eigenvalue weighted by atomic mass is 10.1. The summed E-state index contributed by atoms with van der Waals surface area (Å²) >= 11 is 0. The molecule has 0 unspecified atom stereocenters. The van der Waals surface area contributed by atoms with Gasteiger partial charge >= 0.3 is 0 Å². The van der Waals surface area contributed by atoms with Crippen LogP contribution in [0.2, 0.25) is 0 Å². The highest BCUT2D eigenvalue weighted by Gasteiger charge is 2.12. The van der Waals surface area contributed by atoms with Gasteiger partial charge < -0.3 is 14.8 Å². The molecule has 0 aliphatic carbocycles. The topological polar surface area (TPSA) is 47.6 Å². The van der Waals surface area contributed by atoms with Crippen LogP contribution in [0.1, 0.15) is 44.6 Å². The molecule has 1 aromatic carbocycles. The van der Waals surface area contributed by atoms with Crippen LogP contribution in [0.4, 0.5) is 0 Å². The third kappa shape index (κ3) is 7.60. The Morgan fingerprint density at radius 2 is 1.92 bits per heavy atom. The molecule has 1 aromatic rings. The van der Waals surface area contributed by atoms with E-state index in [1.165, 1.54) is 5.56 Å². The van der Waals surface area contributed by atoms with Gasteiger partial charge in [-0.2, -0.15) is 0 Å². The number of fused-ring (bicyclic) bond motifs is 1. The summed E-state index contributed by atoms with van der Waals surface area (Å²) in [5, 5.41) is 2.85. The second-order valence-corrected chi connectivity index (χ2v) is 6.23. The van der Waals surface area contributed by atoms with E-state index in [1.807, 2.05) is 18.2 Å². The van der Waals surface area contributed by atoms with Gasteiger partial charge in [0, 0.05) is 12.6 Å². The monoisotopic (exact) mass is 355 g/mol. The summed E-state index contributed by atoms with van der Waals surface area (Å²) in [7, 11) is 0. The van der Waals surface area contributed by atoms with E-state index in [1.54, 1.807) is 12.2 Å². The van der Waals surface area contributed by atoms with Crippen molar-refractivity contribution in [1.82, 2.24) is 5.32 Å². The van der Waals surface area contributed by atoms with E-state index in [0.717, 1.165) is 56.6 Å². The molecule has 26 heavy (non-hydrogen) atoms. The first-order valence-electron chi connectivity index (χ1n) is 9.44. The second-order valence-electron chi connectivity index (χ2n) is 6.23. The number of unbranched alkanes of at least 4 members (excludes halogenated alkanes) is 3. The minimum absolute atomic E-state index is 0.0189. The number of allylic oxidation sites excluding steroid dienone is 5. The summed E-state index contributed by atoms with van der Waals surface area (Å²) in [5.74, 6) is 1.65. The van der Waals surface area contributed by atoms with Crippen LogP contribution in [0.15, 0.2) is 54.7 Å². The molecule has 0 radical (unpaired) electrons. The molecule has 140 valence electrons. The average Bonchev–Trinajstić information content (AvgIpc) is 3.11. The SMILES string of the molecule is CCCCNC(=O)/C=C/C=C/CCC/C=C/Cc1ccc2c(c1)OCO2. The zero-order valence-electron chi connectivity index (χ0n) is 15.6. The van der Waals surface area contributed by atoms with Crippen molar-refractivity contribution in [1.29, 1.82) is 0 Å². The molecule has 1 heterocycles. The first-order valence-corrected chi connectivity index (χ1v) is 9.44. The molecule has 4 nitrogen and oxygen atoms in total. The standard InChI is InChI=1S/C22H29NO3/c1-2-3-16-23-22(24)13-11-9-7-5-4-6-8-10-12-19-14-15-20-21(17-19)26-18-25-20/h7-11,13-15,17H,2-6,12,16,18H2,1H3,(H,23,24)/b9-7+,10-8+,13-11+. The van der Waals surface area contributed by atoms with Crippen LogP contribution >= 0.6 is 0 Å². The van der Waals surface area contributed by atoms with E-state index in [2.05, 4.69) is 36.5 Å². The van der Waals surface area contributed by atoms with E-state index in [0.29, 0.717) is 6.79 Å². The normalized spacial score (nSPS) is 13.3. The maximum Gasteiger partial charge on any atom is 0.243 e. The second kappa shape index (κ2) is 12.0. The first kappa shape index (κ1) is 19.8. The molecule has 0 fully saturated rings. The van der Waals surface area contributed by atoms with Gasteiger partial charge in [0.25, 0.3) is 0 Å². The number of ether oxygens (including phenoxy) is 2. The summed E-state index contributed by atoms with van der Waals surface area (Å²) in [6.07, 6.45) is 18.0. The van der Waals surface area contributed by atoms with Crippen molar-refractivity contribution in [2.75, 3.05) is 13.3 Å². The van der Waals surface area contributed by atoms with Crippen molar-refractivity contribution in [3.63, 3.8) is 0 Å². The molecular formula is C22H29NO3. The predicted octanol–water partition coefficient (Wildman–Crippen LogP) is 4.71. The zero-order valence-corrected chi connectivity index (χ0v) is 15.6. The van der Waals surface area contributed by atoms with Crippen LogP contribution in [-0.2, 0) is 11.2 Å². The number of carbonyl (C=O) groups is 1. The number of rotatable bonds is 11. The highest BCUT2D eigenvalue weighted by Crippen LogP contribution is 2.32. The first-order chi connectivity index (χ1) is 12.8. The summed E-state index contributed by atoms with van der Waals surface area (Å²) in [6, 6.07) is 6.08. The number of benzene rings is 1. The molecular weight excluding hydrogens is 326 g/mol.